The molecule has 0 aliphatic carbocycles. The molecule has 6 heteroatoms. The van der Waals surface area contributed by atoms with Gasteiger partial charge in [0.2, 0.25) is 0 Å². The van der Waals surface area contributed by atoms with Crippen LogP contribution in [0.15, 0.2) is 53.4 Å². The van der Waals surface area contributed by atoms with Crippen molar-refractivity contribution in [1.82, 2.24) is 0 Å². The van der Waals surface area contributed by atoms with Crippen molar-refractivity contribution in [3.63, 3.8) is 0 Å². The van der Waals surface area contributed by atoms with E-state index in [1.54, 1.807) is 12.1 Å². The highest BCUT2D eigenvalue weighted by Gasteiger charge is 2.17. The molecule has 0 N–H and O–H groups in total. The van der Waals surface area contributed by atoms with Gasteiger partial charge in [-0.3, -0.25) is 4.79 Å². The van der Waals surface area contributed by atoms with Gasteiger partial charge in [0.05, 0.1) is 17.1 Å². The Morgan fingerprint density at radius 2 is 1.65 bits per heavy atom. The second-order valence-electron chi connectivity index (χ2n) is 5.17. The minimum absolute atomic E-state index is 0.0102. The topological polar surface area (TPSA) is 60.4 Å². The van der Waals surface area contributed by atoms with Crippen molar-refractivity contribution in [2.45, 2.75) is 24.8 Å². The SMILES string of the molecule is Cc1ccc(S(=O)(=O)CCC(=O)OCc2ccc(F)cc2)cc1. The third-order valence-corrected chi connectivity index (χ3v) is 5.00. The lowest BCUT2D eigenvalue weighted by atomic mass is 10.2. The summed E-state index contributed by atoms with van der Waals surface area (Å²) in [5.41, 5.74) is 1.60. The van der Waals surface area contributed by atoms with Gasteiger partial charge < -0.3 is 4.74 Å². The molecule has 0 aromatic heterocycles. The quantitative estimate of drug-likeness (QED) is 0.761. The summed E-state index contributed by atoms with van der Waals surface area (Å²) in [6.45, 7) is 1.85. The molecule has 0 aliphatic heterocycles. The number of sulfone groups is 1. The van der Waals surface area contributed by atoms with E-state index in [0.717, 1.165) is 5.56 Å². The summed E-state index contributed by atoms with van der Waals surface area (Å²) in [6, 6.07) is 12.0. The van der Waals surface area contributed by atoms with Crippen LogP contribution in [-0.4, -0.2) is 20.1 Å². The summed E-state index contributed by atoms with van der Waals surface area (Å²) >= 11 is 0. The molecule has 0 fully saturated rings. The summed E-state index contributed by atoms with van der Waals surface area (Å²) in [6.07, 6.45) is -0.225. The number of halogens is 1. The third kappa shape index (κ3) is 5.17. The first-order valence-corrected chi connectivity index (χ1v) is 8.71. The Hall–Kier alpha value is -2.21. The van der Waals surface area contributed by atoms with Gasteiger partial charge in [0.15, 0.2) is 9.84 Å². The van der Waals surface area contributed by atoms with E-state index in [1.807, 2.05) is 6.92 Å². The molecule has 2 aromatic carbocycles. The molecule has 0 saturated carbocycles. The van der Waals surface area contributed by atoms with Crippen molar-refractivity contribution in [2.75, 3.05) is 5.75 Å². The highest BCUT2D eigenvalue weighted by Crippen LogP contribution is 2.13. The normalized spacial score (nSPS) is 11.2. The van der Waals surface area contributed by atoms with Crippen LogP contribution in [-0.2, 0) is 26.0 Å². The van der Waals surface area contributed by atoms with E-state index in [9.17, 15) is 17.6 Å². The fraction of sp³-hybridized carbons (Fsp3) is 0.235. The van der Waals surface area contributed by atoms with Gasteiger partial charge in [0.25, 0.3) is 0 Å². The van der Waals surface area contributed by atoms with Crippen molar-refractivity contribution < 1.29 is 22.3 Å². The second kappa shape index (κ2) is 7.37. The number of hydrogen-bond acceptors (Lipinski definition) is 4. The predicted molar refractivity (Wildman–Crippen MR) is 84.0 cm³/mol. The Morgan fingerprint density at radius 3 is 2.26 bits per heavy atom. The number of aryl methyl sites for hydroxylation is 1. The standard InChI is InChI=1S/C17H17FO4S/c1-13-2-8-16(9-3-13)23(20,21)11-10-17(19)22-12-14-4-6-15(18)7-5-14/h2-9H,10-12H2,1H3. The number of hydrogen-bond donors (Lipinski definition) is 0. The van der Waals surface area contributed by atoms with Gasteiger partial charge in [-0.25, -0.2) is 12.8 Å². The molecule has 122 valence electrons. The molecule has 4 nitrogen and oxygen atoms in total. The summed E-state index contributed by atoms with van der Waals surface area (Å²) < 4.78 is 42.0. The van der Waals surface area contributed by atoms with E-state index in [1.165, 1.54) is 36.4 Å². The average Bonchev–Trinajstić information content (AvgIpc) is 2.53. The van der Waals surface area contributed by atoms with E-state index in [0.29, 0.717) is 5.56 Å². The highest BCUT2D eigenvalue weighted by molar-refractivity contribution is 7.91. The van der Waals surface area contributed by atoms with Crippen LogP contribution < -0.4 is 0 Å². The lowest BCUT2D eigenvalue weighted by Crippen LogP contribution is -2.13. The summed E-state index contributed by atoms with van der Waals surface area (Å²) in [4.78, 5) is 11.8. The molecule has 0 amide bonds. The second-order valence-corrected chi connectivity index (χ2v) is 7.28. The van der Waals surface area contributed by atoms with E-state index in [2.05, 4.69) is 0 Å². The molecule has 0 heterocycles. The third-order valence-electron chi connectivity index (χ3n) is 3.27. The van der Waals surface area contributed by atoms with Gasteiger partial charge in [-0.05, 0) is 36.8 Å². The molecule has 0 radical (unpaired) electrons. The number of carbonyl (C=O) groups excluding carboxylic acids is 1. The Morgan fingerprint density at radius 1 is 1.04 bits per heavy atom. The summed E-state index contributed by atoms with van der Waals surface area (Å²) in [7, 11) is -3.51. The van der Waals surface area contributed by atoms with Gasteiger partial charge in [0.1, 0.15) is 12.4 Å². The Kier molecular flexibility index (Phi) is 5.50. The summed E-state index contributed by atoms with van der Waals surface area (Å²) in [5, 5.41) is 0. The molecule has 0 atom stereocenters. The maximum absolute atomic E-state index is 12.7. The van der Waals surface area contributed by atoms with Gasteiger partial charge in [-0.2, -0.15) is 0 Å². The van der Waals surface area contributed by atoms with Gasteiger partial charge in [-0.15, -0.1) is 0 Å². The number of esters is 1. The van der Waals surface area contributed by atoms with Crippen LogP contribution in [0.3, 0.4) is 0 Å². The van der Waals surface area contributed by atoms with Crippen LogP contribution in [0.4, 0.5) is 4.39 Å². The van der Waals surface area contributed by atoms with Gasteiger partial charge in [-0.1, -0.05) is 29.8 Å². The van der Waals surface area contributed by atoms with Crippen LogP contribution in [0, 0.1) is 12.7 Å². The Bertz CT molecular complexity index is 765. The molecule has 23 heavy (non-hydrogen) atoms. The van der Waals surface area contributed by atoms with Crippen molar-refractivity contribution in [1.29, 1.82) is 0 Å². The van der Waals surface area contributed by atoms with Crippen LogP contribution in [0.5, 0.6) is 0 Å². The first-order chi connectivity index (χ1) is 10.9. The molecule has 0 spiro atoms. The fourth-order valence-corrected chi connectivity index (χ4v) is 3.12. The lowest BCUT2D eigenvalue weighted by Gasteiger charge is -2.06. The Labute approximate surface area is 134 Å². The number of ether oxygens (including phenoxy) is 1. The number of carbonyl (C=O) groups is 1. The van der Waals surface area contributed by atoms with Crippen molar-refractivity contribution in [3.05, 3.63) is 65.5 Å². The minimum atomic E-state index is -3.51. The van der Waals surface area contributed by atoms with Gasteiger partial charge >= 0.3 is 5.97 Å². The van der Waals surface area contributed by atoms with Crippen molar-refractivity contribution >= 4 is 15.8 Å². The van der Waals surface area contributed by atoms with Crippen LogP contribution in [0.1, 0.15) is 17.5 Å². The molecule has 0 saturated heterocycles. The largest absolute Gasteiger partial charge is 0.461 e. The number of rotatable bonds is 6. The van der Waals surface area contributed by atoms with E-state index in [4.69, 9.17) is 4.74 Å². The van der Waals surface area contributed by atoms with Crippen molar-refractivity contribution in [3.8, 4) is 0 Å². The maximum Gasteiger partial charge on any atom is 0.307 e. The molecule has 0 aliphatic rings. The zero-order chi connectivity index (χ0) is 16.9. The highest BCUT2D eigenvalue weighted by atomic mass is 32.2. The zero-order valence-electron chi connectivity index (χ0n) is 12.7. The molecule has 0 bridgehead atoms. The lowest BCUT2D eigenvalue weighted by molar-refractivity contribution is -0.144. The maximum atomic E-state index is 12.7. The Balaban J connectivity index is 1.86. The van der Waals surface area contributed by atoms with Gasteiger partial charge in [0, 0.05) is 0 Å². The smallest absolute Gasteiger partial charge is 0.307 e. The first kappa shape index (κ1) is 17.1. The van der Waals surface area contributed by atoms with Crippen LogP contribution in [0.2, 0.25) is 0 Å². The predicted octanol–water partition coefficient (Wildman–Crippen LogP) is 3.04. The zero-order valence-corrected chi connectivity index (χ0v) is 13.5. The molecule has 2 rings (SSSR count). The minimum Gasteiger partial charge on any atom is -0.461 e. The molecular weight excluding hydrogens is 319 g/mol. The van der Waals surface area contributed by atoms with Crippen molar-refractivity contribution in [2.24, 2.45) is 0 Å². The monoisotopic (exact) mass is 336 g/mol. The average molecular weight is 336 g/mol. The number of benzene rings is 2. The van der Waals surface area contributed by atoms with Crippen LogP contribution in [0.25, 0.3) is 0 Å². The molecule has 0 unspecified atom stereocenters. The van der Waals surface area contributed by atoms with Crippen LogP contribution >= 0.6 is 0 Å². The molecular formula is C17H17FO4S. The summed E-state index contributed by atoms with van der Waals surface area (Å²) in [5.74, 6) is -1.28. The van der Waals surface area contributed by atoms with E-state index in [-0.39, 0.29) is 29.5 Å². The van der Waals surface area contributed by atoms with E-state index < -0.39 is 15.8 Å². The fourth-order valence-electron chi connectivity index (χ4n) is 1.90. The molecule has 2 aromatic rings. The van der Waals surface area contributed by atoms with E-state index >= 15 is 0 Å². The first-order valence-electron chi connectivity index (χ1n) is 7.06.